The van der Waals surface area contributed by atoms with E-state index in [4.69, 9.17) is 16.3 Å². The van der Waals surface area contributed by atoms with E-state index in [1.807, 2.05) is 14.0 Å². The fourth-order valence-electron chi connectivity index (χ4n) is 2.30. The van der Waals surface area contributed by atoms with Crippen LogP contribution in [0.15, 0.2) is 23.2 Å². The van der Waals surface area contributed by atoms with Crippen LogP contribution >= 0.6 is 11.6 Å². The number of methoxy groups -OCH3 is 1. The molecule has 0 aliphatic heterocycles. The molecule has 27 heavy (non-hydrogen) atoms. The highest BCUT2D eigenvalue weighted by atomic mass is 35.5. The zero-order valence-corrected chi connectivity index (χ0v) is 16.9. The summed E-state index contributed by atoms with van der Waals surface area (Å²) in [7, 11) is 3.73. The first-order valence-electron chi connectivity index (χ1n) is 8.89. The van der Waals surface area contributed by atoms with Crippen molar-refractivity contribution in [3.63, 3.8) is 0 Å². The topological polar surface area (TPSA) is 58.1 Å². The number of benzene rings is 1. The molecule has 0 amide bonds. The van der Waals surface area contributed by atoms with Gasteiger partial charge in [0.05, 0.1) is 13.2 Å². The second-order valence-electron chi connectivity index (χ2n) is 5.90. The molecule has 0 aliphatic rings. The van der Waals surface area contributed by atoms with Gasteiger partial charge < -0.3 is 25.0 Å². The molecule has 154 valence electrons. The Morgan fingerprint density at radius 3 is 2.74 bits per heavy atom. The Labute approximate surface area is 164 Å². The summed E-state index contributed by atoms with van der Waals surface area (Å²) < 4.78 is 34.7. The van der Waals surface area contributed by atoms with E-state index in [2.05, 4.69) is 25.3 Å². The number of hydrogen-bond donors (Lipinski definition) is 2. The third kappa shape index (κ3) is 10.3. The predicted octanol–water partition coefficient (Wildman–Crippen LogP) is 2.96. The van der Waals surface area contributed by atoms with Gasteiger partial charge in [-0.15, -0.1) is 0 Å². The second-order valence-corrected chi connectivity index (χ2v) is 6.34. The third-order valence-electron chi connectivity index (χ3n) is 3.68. The minimum Gasteiger partial charge on any atom is -0.434 e. The molecular weight excluding hydrogens is 378 g/mol. The minimum atomic E-state index is -2.89. The molecule has 2 N–H and O–H groups in total. The van der Waals surface area contributed by atoms with Gasteiger partial charge in [0, 0.05) is 37.3 Å². The van der Waals surface area contributed by atoms with Crippen LogP contribution in [-0.2, 0) is 11.3 Å². The SMILES string of the molecule is CCNC(=NCc1cc(Cl)ccc1OC(F)F)NCCCN(C)CCOC. The van der Waals surface area contributed by atoms with Gasteiger partial charge in [-0.2, -0.15) is 8.78 Å². The molecular formula is C18H29ClF2N4O2. The lowest BCUT2D eigenvalue weighted by atomic mass is 10.2. The summed E-state index contributed by atoms with van der Waals surface area (Å²) in [5.74, 6) is 0.689. The van der Waals surface area contributed by atoms with Crippen molar-refractivity contribution in [2.45, 2.75) is 26.5 Å². The summed E-state index contributed by atoms with van der Waals surface area (Å²) in [5, 5.41) is 6.81. The average Bonchev–Trinajstić information content (AvgIpc) is 2.62. The second kappa shape index (κ2) is 13.5. The van der Waals surface area contributed by atoms with Crippen LogP contribution in [0, 0.1) is 0 Å². The van der Waals surface area contributed by atoms with E-state index in [1.165, 1.54) is 12.1 Å². The molecule has 1 rings (SSSR count). The van der Waals surface area contributed by atoms with Gasteiger partial charge in [-0.25, -0.2) is 4.99 Å². The van der Waals surface area contributed by atoms with Gasteiger partial charge in [-0.1, -0.05) is 11.6 Å². The monoisotopic (exact) mass is 406 g/mol. The van der Waals surface area contributed by atoms with E-state index in [0.717, 1.165) is 26.1 Å². The van der Waals surface area contributed by atoms with E-state index < -0.39 is 6.61 Å². The number of alkyl halides is 2. The van der Waals surface area contributed by atoms with Gasteiger partial charge in [-0.3, -0.25) is 0 Å². The highest BCUT2D eigenvalue weighted by molar-refractivity contribution is 6.30. The molecule has 1 aromatic carbocycles. The molecule has 0 fully saturated rings. The molecule has 0 atom stereocenters. The molecule has 0 heterocycles. The summed E-state index contributed by atoms with van der Waals surface area (Å²) in [4.78, 5) is 6.63. The molecule has 0 aromatic heterocycles. The molecule has 1 aromatic rings. The number of nitrogens with zero attached hydrogens (tertiary/aromatic N) is 2. The van der Waals surface area contributed by atoms with Gasteiger partial charge in [0.25, 0.3) is 0 Å². The smallest absolute Gasteiger partial charge is 0.387 e. The maximum atomic E-state index is 12.5. The van der Waals surface area contributed by atoms with Crippen LogP contribution in [0.1, 0.15) is 18.9 Å². The normalized spacial score (nSPS) is 11.9. The van der Waals surface area contributed by atoms with E-state index in [1.54, 1.807) is 13.2 Å². The van der Waals surface area contributed by atoms with Gasteiger partial charge in [0.2, 0.25) is 0 Å². The first-order chi connectivity index (χ1) is 13.0. The van der Waals surface area contributed by atoms with Crippen LogP contribution in [0.4, 0.5) is 8.78 Å². The first-order valence-corrected chi connectivity index (χ1v) is 9.27. The Bertz CT molecular complexity index is 576. The molecule has 0 unspecified atom stereocenters. The van der Waals surface area contributed by atoms with E-state index in [9.17, 15) is 8.78 Å². The van der Waals surface area contributed by atoms with Crippen LogP contribution in [0.2, 0.25) is 5.02 Å². The summed E-state index contributed by atoms with van der Waals surface area (Å²) >= 11 is 5.96. The summed E-state index contributed by atoms with van der Waals surface area (Å²) in [6.07, 6.45) is 0.932. The predicted molar refractivity (Wildman–Crippen MR) is 105 cm³/mol. The molecule has 0 radical (unpaired) electrons. The third-order valence-corrected chi connectivity index (χ3v) is 3.91. The van der Waals surface area contributed by atoms with Crippen LogP contribution in [0.5, 0.6) is 5.75 Å². The summed E-state index contributed by atoms with van der Waals surface area (Å²) in [5.41, 5.74) is 0.499. The Morgan fingerprint density at radius 1 is 1.30 bits per heavy atom. The van der Waals surface area contributed by atoms with Crippen molar-refractivity contribution in [2.24, 2.45) is 4.99 Å². The highest BCUT2D eigenvalue weighted by Crippen LogP contribution is 2.25. The largest absolute Gasteiger partial charge is 0.434 e. The van der Waals surface area contributed by atoms with Crippen molar-refractivity contribution in [1.82, 2.24) is 15.5 Å². The Hall–Kier alpha value is -1.64. The highest BCUT2D eigenvalue weighted by Gasteiger charge is 2.10. The number of guanidine groups is 1. The Balaban J connectivity index is 2.59. The molecule has 0 saturated carbocycles. The number of hydrogen-bond acceptors (Lipinski definition) is 4. The molecule has 0 saturated heterocycles. The Morgan fingerprint density at radius 2 is 2.07 bits per heavy atom. The summed E-state index contributed by atoms with van der Waals surface area (Å²) in [6, 6.07) is 4.52. The molecule has 0 spiro atoms. The molecule has 9 heteroatoms. The minimum absolute atomic E-state index is 0.0776. The van der Waals surface area contributed by atoms with Gasteiger partial charge in [0.1, 0.15) is 5.75 Å². The van der Waals surface area contributed by atoms with Gasteiger partial charge >= 0.3 is 6.61 Å². The first kappa shape index (κ1) is 23.4. The maximum absolute atomic E-state index is 12.5. The van der Waals surface area contributed by atoms with Crippen molar-refractivity contribution in [2.75, 3.05) is 46.9 Å². The number of rotatable bonds is 12. The number of aliphatic imine (C=N–C) groups is 1. The van der Waals surface area contributed by atoms with Crippen molar-refractivity contribution in [3.05, 3.63) is 28.8 Å². The van der Waals surface area contributed by atoms with E-state index >= 15 is 0 Å². The van der Waals surface area contributed by atoms with Crippen molar-refractivity contribution >= 4 is 17.6 Å². The van der Waals surface area contributed by atoms with Crippen molar-refractivity contribution in [3.8, 4) is 5.75 Å². The van der Waals surface area contributed by atoms with Crippen LogP contribution in [-0.4, -0.2) is 64.4 Å². The van der Waals surface area contributed by atoms with Crippen LogP contribution in [0.25, 0.3) is 0 Å². The number of likely N-dealkylation sites (N-methyl/N-ethyl adjacent to an activating group) is 1. The molecule has 0 bridgehead atoms. The molecule has 0 aliphatic carbocycles. The van der Waals surface area contributed by atoms with E-state index in [-0.39, 0.29) is 12.3 Å². The molecule has 6 nitrogen and oxygen atoms in total. The zero-order chi connectivity index (χ0) is 20.1. The Kier molecular flexibility index (Phi) is 11.7. The van der Waals surface area contributed by atoms with Gasteiger partial charge in [-0.05, 0) is 45.1 Å². The van der Waals surface area contributed by atoms with Gasteiger partial charge in [0.15, 0.2) is 5.96 Å². The lowest BCUT2D eigenvalue weighted by molar-refractivity contribution is -0.0504. The van der Waals surface area contributed by atoms with E-state index in [0.29, 0.717) is 29.7 Å². The zero-order valence-electron chi connectivity index (χ0n) is 16.1. The van der Waals surface area contributed by atoms with Crippen molar-refractivity contribution < 1.29 is 18.3 Å². The summed E-state index contributed by atoms with van der Waals surface area (Å²) in [6.45, 7) is 3.18. The van der Waals surface area contributed by atoms with Crippen molar-refractivity contribution in [1.29, 1.82) is 0 Å². The number of nitrogens with one attached hydrogen (secondary N) is 2. The maximum Gasteiger partial charge on any atom is 0.387 e. The van der Waals surface area contributed by atoms with Crippen LogP contribution in [0.3, 0.4) is 0 Å². The lowest BCUT2D eigenvalue weighted by Gasteiger charge is -2.17. The quantitative estimate of drug-likeness (QED) is 0.317. The standard InChI is InChI=1S/C18H29ClF2N4O2/c1-4-22-18(23-8-5-9-25(2)10-11-26-3)24-13-14-12-15(19)6-7-16(14)27-17(20)21/h6-7,12,17H,4-5,8-11,13H2,1-3H3,(H2,22,23,24). The fourth-order valence-corrected chi connectivity index (χ4v) is 2.50. The number of halogens is 3. The average molecular weight is 407 g/mol. The fraction of sp³-hybridized carbons (Fsp3) is 0.611. The van der Waals surface area contributed by atoms with Crippen LogP contribution < -0.4 is 15.4 Å². The lowest BCUT2D eigenvalue weighted by Crippen LogP contribution is -2.38. The number of ether oxygens (including phenoxy) is 2.